The van der Waals surface area contributed by atoms with Gasteiger partial charge < -0.3 is 15.2 Å². The molecule has 0 fully saturated rings. The minimum atomic E-state index is -0.124. The fraction of sp³-hybridized carbons (Fsp3) is 0.0625. The number of nitrogens with two attached hydrogens (primary N) is 1. The fourth-order valence-corrected chi connectivity index (χ4v) is 5.90. The largest absolute Gasteiger partial charge is 0.493 e. The van der Waals surface area contributed by atoms with Gasteiger partial charge in [0.25, 0.3) is 0 Å². The van der Waals surface area contributed by atoms with Crippen LogP contribution in [0.2, 0.25) is 0 Å². The molecule has 0 saturated carbocycles. The van der Waals surface area contributed by atoms with Crippen LogP contribution in [-0.4, -0.2) is 25.0 Å². The van der Waals surface area contributed by atoms with Crippen molar-refractivity contribution in [2.24, 2.45) is 0 Å². The van der Waals surface area contributed by atoms with Gasteiger partial charge in [0.05, 0.1) is 25.6 Å². The predicted molar refractivity (Wildman–Crippen MR) is 155 cm³/mol. The maximum atomic E-state index is 13.8. The third-order valence-electron chi connectivity index (χ3n) is 6.68. The SMILES string of the molecule is COc1cccc(-c2cc(-c3ccccc3)nc3sc(C(=O)c4ccc5ccccc5c4)c(N)c23)c1OC. The number of carbonyl (C=O) groups excluding carboxylic acids is 1. The first-order valence-corrected chi connectivity index (χ1v) is 12.9. The molecule has 6 rings (SSSR count). The summed E-state index contributed by atoms with van der Waals surface area (Å²) in [5, 5.41) is 2.81. The van der Waals surface area contributed by atoms with Crippen molar-refractivity contribution in [3.05, 3.63) is 108 Å². The topological polar surface area (TPSA) is 74.4 Å². The lowest BCUT2D eigenvalue weighted by molar-refractivity contribution is 0.104. The number of aromatic nitrogens is 1. The molecule has 6 aromatic rings. The van der Waals surface area contributed by atoms with Crippen molar-refractivity contribution in [2.45, 2.75) is 0 Å². The number of pyridine rings is 1. The molecule has 0 aliphatic carbocycles. The quantitative estimate of drug-likeness (QED) is 0.231. The van der Waals surface area contributed by atoms with Crippen LogP contribution >= 0.6 is 11.3 Å². The molecule has 2 aromatic heterocycles. The van der Waals surface area contributed by atoms with Crippen LogP contribution in [0.1, 0.15) is 15.2 Å². The molecule has 4 aromatic carbocycles. The number of nitrogens with zero attached hydrogens (tertiary/aromatic N) is 1. The van der Waals surface area contributed by atoms with Crippen molar-refractivity contribution < 1.29 is 14.3 Å². The van der Waals surface area contributed by atoms with E-state index < -0.39 is 0 Å². The predicted octanol–water partition coefficient (Wildman–Crippen LogP) is 7.61. The lowest BCUT2D eigenvalue weighted by Crippen LogP contribution is -2.02. The number of methoxy groups -OCH3 is 2. The first-order valence-electron chi connectivity index (χ1n) is 12.1. The van der Waals surface area contributed by atoms with E-state index in [0.29, 0.717) is 32.5 Å². The molecule has 0 aliphatic rings. The summed E-state index contributed by atoms with van der Waals surface area (Å²) < 4.78 is 11.3. The minimum absolute atomic E-state index is 0.124. The normalized spacial score (nSPS) is 11.1. The van der Waals surface area contributed by atoms with Crippen molar-refractivity contribution in [3.8, 4) is 33.9 Å². The highest BCUT2D eigenvalue weighted by Gasteiger charge is 2.24. The van der Waals surface area contributed by atoms with E-state index in [1.165, 1.54) is 11.3 Å². The lowest BCUT2D eigenvalue weighted by atomic mass is 9.97. The Balaban J connectivity index is 1.60. The van der Waals surface area contributed by atoms with Gasteiger partial charge in [-0.05, 0) is 29.0 Å². The molecule has 186 valence electrons. The van der Waals surface area contributed by atoms with E-state index in [2.05, 4.69) is 0 Å². The first kappa shape index (κ1) is 23.7. The number of rotatable bonds is 6. The van der Waals surface area contributed by atoms with E-state index in [1.54, 1.807) is 14.2 Å². The van der Waals surface area contributed by atoms with Gasteiger partial charge in [-0.2, -0.15) is 0 Å². The molecule has 0 radical (unpaired) electrons. The molecule has 0 bridgehead atoms. The van der Waals surface area contributed by atoms with Crippen LogP contribution in [0.3, 0.4) is 0 Å². The molecule has 38 heavy (non-hydrogen) atoms. The van der Waals surface area contributed by atoms with Crippen molar-refractivity contribution in [1.82, 2.24) is 4.98 Å². The molecule has 0 amide bonds. The van der Waals surface area contributed by atoms with Crippen LogP contribution in [-0.2, 0) is 0 Å². The second-order valence-electron chi connectivity index (χ2n) is 8.88. The molecule has 2 heterocycles. The zero-order valence-electron chi connectivity index (χ0n) is 20.9. The van der Waals surface area contributed by atoms with E-state index in [-0.39, 0.29) is 5.78 Å². The number of benzene rings is 4. The molecule has 0 spiro atoms. The number of carbonyl (C=O) groups is 1. The summed E-state index contributed by atoms with van der Waals surface area (Å²) in [5.74, 6) is 1.08. The monoisotopic (exact) mass is 516 g/mol. The number of ether oxygens (including phenoxy) is 2. The van der Waals surface area contributed by atoms with Crippen LogP contribution in [0.5, 0.6) is 11.5 Å². The maximum Gasteiger partial charge on any atom is 0.205 e. The summed E-state index contributed by atoms with van der Waals surface area (Å²) in [5.41, 5.74) is 11.1. The van der Waals surface area contributed by atoms with Gasteiger partial charge in [-0.15, -0.1) is 11.3 Å². The zero-order chi connectivity index (χ0) is 26.2. The van der Waals surface area contributed by atoms with Gasteiger partial charge in [0.15, 0.2) is 11.5 Å². The van der Waals surface area contributed by atoms with Gasteiger partial charge in [-0.25, -0.2) is 4.98 Å². The number of ketones is 1. The molecule has 0 atom stereocenters. The van der Waals surface area contributed by atoms with Crippen molar-refractivity contribution in [3.63, 3.8) is 0 Å². The van der Waals surface area contributed by atoms with Gasteiger partial charge >= 0.3 is 0 Å². The number of thiophene rings is 1. The number of fused-ring (bicyclic) bond motifs is 2. The summed E-state index contributed by atoms with van der Waals surface area (Å²) in [6.45, 7) is 0. The smallest absolute Gasteiger partial charge is 0.205 e. The van der Waals surface area contributed by atoms with E-state index in [1.807, 2.05) is 97.1 Å². The number of para-hydroxylation sites is 1. The summed E-state index contributed by atoms with van der Waals surface area (Å²) >= 11 is 1.32. The molecule has 5 nitrogen and oxygen atoms in total. The molecular formula is C32H24N2O3S. The average Bonchev–Trinajstić information content (AvgIpc) is 3.32. The third-order valence-corrected chi connectivity index (χ3v) is 7.78. The maximum absolute atomic E-state index is 13.8. The lowest BCUT2D eigenvalue weighted by Gasteiger charge is -2.15. The van der Waals surface area contributed by atoms with Crippen molar-refractivity contribution in [2.75, 3.05) is 20.0 Å². The van der Waals surface area contributed by atoms with E-state index >= 15 is 0 Å². The van der Waals surface area contributed by atoms with Crippen LogP contribution in [0.4, 0.5) is 5.69 Å². The van der Waals surface area contributed by atoms with Crippen LogP contribution < -0.4 is 15.2 Å². The zero-order valence-corrected chi connectivity index (χ0v) is 21.7. The summed E-state index contributed by atoms with van der Waals surface area (Å²) in [7, 11) is 3.22. The highest BCUT2D eigenvalue weighted by Crippen LogP contribution is 2.46. The second kappa shape index (κ2) is 9.65. The standard InChI is InChI=1S/C32H24N2O3S/c1-36-26-14-8-13-23(30(26)37-2)24-18-25(20-10-4-3-5-11-20)34-32-27(24)28(33)31(38-32)29(35)22-16-15-19-9-6-7-12-21(19)17-22/h3-18H,33H2,1-2H3. The highest BCUT2D eigenvalue weighted by molar-refractivity contribution is 7.21. The fourth-order valence-electron chi connectivity index (χ4n) is 4.82. The average molecular weight is 517 g/mol. The second-order valence-corrected chi connectivity index (χ2v) is 9.88. The van der Waals surface area contributed by atoms with Crippen molar-refractivity contribution in [1.29, 1.82) is 0 Å². The molecular weight excluding hydrogens is 492 g/mol. The molecule has 2 N–H and O–H groups in total. The van der Waals surface area contributed by atoms with Gasteiger partial charge in [-0.3, -0.25) is 4.79 Å². The van der Waals surface area contributed by atoms with Gasteiger partial charge in [0.1, 0.15) is 9.71 Å². The highest BCUT2D eigenvalue weighted by atomic mass is 32.1. The Kier molecular flexibility index (Phi) is 6.02. The third kappa shape index (κ3) is 3.96. The van der Waals surface area contributed by atoms with Crippen LogP contribution in [0.15, 0.2) is 97.1 Å². The molecule has 0 saturated heterocycles. The Bertz CT molecular complexity index is 1830. The van der Waals surface area contributed by atoms with Gasteiger partial charge in [0.2, 0.25) is 5.78 Å². The summed E-state index contributed by atoms with van der Waals surface area (Å²) in [6.07, 6.45) is 0. The van der Waals surface area contributed by atoms with Crippen LogP contribution in [0, 0.1) is 0 Å². The molecule has 0 aliphatic heterocycles. The van der Waals surface area contributed by atoms with E-state index in [0.717, 1.165) is 38.5 Å². The number of hydrogen-bond acceptors (Lipinski definition) is 6. The van der Waals surface area contributed by atoms with Gasteiger partial charge in [-0.1, -0.05) is 78.9 Å². The Morgan fingerprint density at radius 3 is 2.32 bits per heavy atom. The number of hydrogen-bond donors (Lipinski definition) is 1. The van der Waals surface area contributed by atoms with E-state index in [4.69, 9.17) is 20.2 Å². The number of anilines is 1. The Labute approximate surface area is 224 Å². The summed E-state index contributed by atoms with van der Waals surface area (Å²) in [6, 6.07) is 31.4. The van der Waals surface area contributed by atoms with E-state index in [9.17, 15) is 4.79 Å². The van der Waals surface area contributed by atoms with Crippen molar-refractivity contribution >= 4 is 43.8 Å². The molecule has 0 unspecified atom stereocenters. The Morgan fingerprint density at radius 1 is 0.789 bits per heavy atom. The number of nitrogen functional groups attached to an aromatic ring is 1. The summed E-state index contributed by atoms with van der Waals surface area (Å²) in [4.78, 5) is 19.9. The Hall–Kier alpha value is -4.68. The minimum Gasteiger partial charge on any atom is -0.493 e. The first-order chi connectivity index (χ1) is 18.6. The van der Waals surface area contributed by atoms with Crippen LogP contribution in [0.25, 0.3) is 43.4 Å². The van der Waals surface area contributed by atoms with Gasteiger partial charge in [0, 0.05) is 27.6 Å². The Morgan fingerprint density at radius 2 is 1.55 bits per heavy atom. The molecule has 6 heteroatoms.